The van der Waals surface area contributed by atoms with Crippen molar-refractivity contribution < 1.29 is 17.6 Å². The second-order valence-corrected chi connectivity index (χ2v) is 10.9. The number of halogens is 2. The van der Waals surface area contributed by atoms with E-state index in [1.165, 1.54) is 36.1 Å². The summed E-state index contributed by atoms with van der Waals surface area (Å²) in [6.45, 7) is 0. The van der Waals surface area contributed by atoms with Crippen molar-refractivity contribution in [2.75, 3.05) is 12.4 Å². The third-order valence-electron chi connectivity index (χ3n) is 5.31. The third-order valence-corrected chi connectivity index (χ3v) is 8.39. The number of amides is 1. The molecule has 2 heterocycles. The molecule has 1 saturated heterocycles. The Hall–Kier alpha value is -2.30. The van der Waals surface area contributed by atoms with E-state index in [2.05, 4.69) is 10.0 Å². The van der Waals surface area contributed by atoms with Gasteiger partial charge in [0, 0.05) is 28.9 Å². The summed E-state index contributed by atoms with van der Waals surface area (Å²) in [5, 5.41) is 2.51. The minimum atomic E-state index is -3.87. The van der Waals surface area contributed by atoms with Crippen LogP contribution >= 0.6 is 22.9 Å². The van der Waals surface area contributed by atoms with Gasteiger partial charge in [0.25, 0.3) is 10.2 Å². The van der Waals surface area contributed by atoms with Gasteiger partial charge in [-0.15, -0.1) is 11.3 Å². The van der Waals surface area contributed by atoms with Crippen LogP contribution in [0.15, 0.2) is 60.7 Å². The molecule has 6 nitrogen and oxygen atoms in total. The highest BCUT2D eigenvalue weighted by Gasteiger charge is 2.41. The second-order valence-electron chi connectivity index (χ2n) is 7.53. The lowest BCUT2D eigenvalue weighted by Crippen LogP contribution is -2.55. The van der Waals surface area contributed by atoms with Crippen molar-refractivity contribution in [3.63, 3.8) is 0 Å². The van der Waals surface area contributed by atoms with Crippen molar-refractivity contribution in [2.45, 2.75) is 24.9 Å². The molecule has 2 atom stereocenters. The van der Waals surface area contributed by atoms with Gasteiger partial charge in [0.05, 0.1) is 11.1 Å². The summed E-state index contributed by atoms with van der Waals surface area (Å²) in [6.07, 6.45) is 1.00. The SMILES string of the molecule is CN1C(C(=O)Nc2ccc(F)c(Cl)c2)CC(c2ccc(Cc3ccccc3)s2)NS1(=O)=O. The quantitative estimate of drug-likeness (QED) is 0.554. The lowest BCUT2D eigenvalue weighted by molar-refractivity contribution is -0.120. The molecule has 1 fully saturated rings. The first-order valence-corrected chi connectivity index (χ1v) is 12.5. The minimum Gasteiger partial charge on any atom is -0.325 e. The molecule has 0 spiro atoms. The topological polar surface area (TPSA) is 78.5 Å². The number of hydrogen-bond donors (Lipinski definition) is 2. The molecule has 0 aliphatic carbocycles. The molecule has 2 aromatic carbocycles. The van der Waals surface area contributed by atoms with E-state index in [9.17, 15) is 17.6 Å². The van der Waals surface area contributed by atoms with Crippen molar-refractivity contribution >= 4 is 44.7 Å². The fourth-order valence-electron chi connectivity index (χ4n) is 3.57. The maximum atomic E-state index is 13.4. The molecular formula is C22H21ClFN3O3S2. The fourth-order valence-corrected chi connectivity index (χ4v) is 6.20. The largest absolute Gasteiger partial charge is 0.325 e. The highest BCUT2D eigenvalue weighted by atomic mass is 35.5. The molecule has 10 heteroatoms. The molecule has 1 aliphatic rings. The van der Waals surface area contributed by atoms with Gasteiger partial charge in [-0.2, -0.15) is 17.4 Å². The normalized spacial score (nSPS) is 20.7. The molecule has 1 aliphatic heterocycles. The average molecular weight is 494 g/mol. The summed E-state index contributed by atoms with van der Waals surface area (Å²) in [5.41, 5.74) is 1.46. The Bertz CT molecular complexity index is 1230. The number of thiophene rings is 1. The van der Waals surface area contributed by atoms with Crippen LogP contribution in [0.5, 0.6) is 0 Å². The Morgan fingerprint density at radius 1 is 1.22 bits per heavy atom. The zero-order valence-corrected chi connectivity index (χ0v) is 19.5. The maximum Gasteiger partial charge on any atom is 0.280 e. The first-order chi connectivity index (χ1) is 15.2. The molecule has 0 radical (unpaired) electrons. The number of anilines is 1. The van der Waals surface area contributed by atoms with Crippen LogP contribution in [0.4, 0.5) is 10.1 Å². The van der Waals surface area contributed by atoms with E-state index in [0.29, 0.717) is 5.69 Å². The molecular weight excluding hydrogens is 473 g/mol. The van der Waals surface area contributed by atoms with Crippen LogP contribution in [-0.4, -0.2) is 31.7 Å². The number of rotatable bonds is 5. The Balaban J connectivity index is 1.52. The van der Waals surface area contributed by atoms with Gasteiger partial charge in [0.1, 0.15) is 11.9 Å². The van der Waals surface area contributed by atoms with E-state index in [0.717, 1.165) is 26.5 Å². The fraction of sp³-hybridized carbons (Fsp3) is 0.227. The molecule has 1 aromatic heterocycles. The van der Waals surface area contributed by atoms with E-state index in [1.54, 1.807) is 0 Å². The summed E-state index contributed by atoms with van der Waals surface area (Å²) in [4.78, 5) is 14.9. The predicted octanol–water partition coefficient (Wildman–Crippen LogP) is 4.35. The molecule has 2 unspecified atom stereocenters. The monoisotopic (exact) mass is 493 g/mol. The van der Waals surface area contributed by atoms with Gasteiger partial charge in [-0.3, -0.25) is 4.79 Å². The molecule has 0 saturated carbocycles. The third kappa shape index (κ3) is 5.02. The Kier molecular flexibility index (Phi) is 6.64. The summed E-state index contributed by atoms with van der Waals surface area (Å²) in [6, 6.07) is 16.2. The Labute approximate surface area is 195 Å². The van der Waals surface area contributed by atoms with Crippen LogP contribution in [0.25, 0.3) is 0 Å². The number of nitrogens with zero attached hydrogens (tertiary/aromatic N) is 1. The van der Waals surface area contributed by atoms with E-state index in [-0.39, 0.29) is 11.4 Å². The van der Waals surface area contributed by atoms with Crippen molar-refractivity contribution in [1.82, 2.24) is 9.03 Å². The lowest BCUT2D eigenvalue weighted by Gasteiger charge is -2.35. The van der Waals surface area contributed by atoms with E-state index >= 15 is 0 Å². The number of likely N-dealkylation sites (N-methyl/N-ethyl adjacent to an activating group) is 1. The molecule has 0 bridgehead atoms. The van der Waals surface area contributed by atoms with Gasteiger partial charge in [-0.05, 0) is 42.3 Å². The number of hydrogen-bond acceptors (Lipinski definition) is 4. The van der Waals surface area contributed by atoms with Crippen molar-refractivity contribution in [1.29, 1.82) is 0 Å². The highest BCUT2D eigenvalue weighted by molar-refractivity contribution is 7.87. The van der Waals surface area contributed by atoms with E-state index < -0.39 is 34.0 Å². The number of benzene rings is 2. The lowest BCUT2D eigenvalue weighted by atomic mass is 10.1. The smallest absolute Gasteiger partial charge is 0.280 e. The predicted molar refractivity (Wildman–Crippen MR) is 125 cm³/mol. The van der Waals surface area contributed by atoms with Crippen molar-refractivity contribution in [2.24, 2.45) is 0 Å². The Morgan fingerprint density at radius 2 is 1.97 bits per heavy atom. The second kappa shape index (κ2) is 9.29. The average Bonchev–Trinajstić information content (AvgIpc) is 3.21. The Morgan fingerprint density at radius 3 is 2.69 bits per heavy atom. The van der Waals surface area contributed by atoms with Gasteiger partial charge in [0.2, 0.25) is 5.91 Å². The van der Waals surface area contributed by atoms with Gasteiger partial charge >= 0.3 is 0 Å². The van der Waals surface area contributed by atoms with Crippen LogP contribution in [0.1, 0.15) is 27.8 Å². The van der Waals surface area contributed by atoms with Crippen LogP contribution in [0.3, 0.4) is 0 Å². The molecule has 4 rings (SSSR count). The minimum absolute atomic E-state index is 0.128. The van der Waals surface area contributed by atoms with Gasteiger partial charge in [-0.25, -0.2) is 4.39 Å². The van der Waals surface area contributed by atoms with Crippen LogP contribution in [0.2, 0.25) is 5.02 Å². The van der Waals surface area contributed by atoms with Crippen LogP contribution in [0, 0.1) is 5.82 Å². The summed E-state index contributed by atoms with van der Waals surface area (Å²) >= 11 is 7.30. The standard InChI is InChI=1S/C22H21ClFN3O3S2/c1-27-20(22(28)25-15-7-9-18(24)17(23)12-15)13-19(26-32(27,29)30)21-10-8-16(31-21)11-14-5-3-2-4-6-14/h2-10,12,19-20,26H,11,13H2,1H3,(H,25,28). The molecule has 32 heavy (non-hydrogen) atoms. The van der Waals surface area contributed by atoms with Crippen LogP contribution < -0.4 is 10.0 Å². The first kappa shape index (κ1) is 22.9. The summed E-state index contributed by atoms with van der Waals surface area (Å²) in [5.74, 6) is -1.11. The number of nitrogens with one attached hydrogen (secondary N) is 2. The van der Waals surface area contributed by atoms with Gasteiger partial charge in [-0.1, -0.05) is 41.9 Å². The molecule has 3 aromatic rings. The zero-order chi connectivity index (χ0) is 22.9. The number of carbonyl (C=O) groups is 1. The summed E-state index contributed by atoms with van der Waals surface area (Å²) in [7, 11) is -2.51. The first-order valence-electron chi connectivity index (χ1n) is 9.86. The van der Waals surface area contributed by atoms with Crippen molar-refractivity contribution in [3.8, 4) is 0 Å². The maximum absolute atomic E-state index is 13.4. The van der Waals surface area contributed by atoms with Gasteiger partial charge in [0.15, 0.2) is 0 Å². The van der Waals surface area contributed by atoms with Gasteiger partial charge < -0.3 is 5.32 Å². The molecule has 168 valence electrons. The number of carbonyl (C=O) groups excluding carboxylic acids is 1. The summed E-state index contributed by atoms with van der Waals surface area (Å²) < 4.78 is 42.5. The van der Waals surface area contributed by atoms with E-state index in [1.807, 2.05) is 42.5 Å². The highest BCUT2D eigenvalue weighted by Crippen LogP contribution is 2.33. The van der Waals surface area contributed by atoms with Crippen LogP contribution in [-0.2, 0) is 21.4 Å². The zero-order valence-electron chi connectivity index (χ0n) is 17.1. The van der Waals surface area contributed by atoms with Crippen molar-refractivity contribution in [3.05, 3.63) is 86.8 Å². The molecule has 1 amide bonds. The van der Waals surface area contributed by atoms with E-state index in [4.69, 9.17) is 11.6 Å². The molecule has 2 N–H and O–H groups in total.